The zero-order valence-electron chi connectivity index (χ0n) is 14.2. The SMILES string of the molecule is CCc1c(C(=O)Nc2ccc(Cl)c(C#N)c2)cnn1Cc1ccccc1. The highest BCUT2D eigenvalue weighted by atomic mass is 35.5. The number of nitrogens with one attached hydrogen (secondary N) is 1. The molecule has 130 valence electrons. The van der Waals surface area contributed by atoms with Crippen molar-refractivity contribution in [3.05, 3.63) is 82.1 Å². The molecule has 0 aliphatic heterocycles. The molecule has 0 spiro atoms. The third-order valence-corrected chi connectivity index (χ3v) is 4.38. The van der Waals surface area contributed by atoms with Crippen LogP contribution in [0.5, 0.6) is 0 Å². The quantitative estimate of drug-likeness (QED) is 0.734. The predicted octanol–water partition coefficient (Wildman–Crippen LogP) is 4.27. The van der Waals surface area contributed by atoms with E-state index in [9.17, 15) is 4.79 Å². The molecule has 1 amide bonds. The summed E-state index contributed by atoms with van der Waals surface area (Å²) in [6.07, 6.45) is 2.26. The number of nitrogens with zero attached hydrogens (tertiary/aromatic N) is 3. The number of carbonyl (C=O) groups is 1. The van der Waals surface area contributed by atoms with Gasteiger partial charge in [-0.2, -0.15) is 10.4 Å². The molecule has 0 saturated heterocycles. The van der Waals surface area contributed by atoms with Crippen LogP contribution in [-0.4, -0.2) is 15.7 Å². The van der Waals surface area contributed by atoms with Gasteiger partial charge in [0.25, 0.3) is 5.91 Å². The number of amides is 1. The molecule has 0 unspecified atom stereocenters. The Hall–Kier alpha value is -3.10. The van der Waals surface area contributed by atoms with Gasteiger partial charge in [0.05, 0.1) is 34.6 Å². The summed E-state index contributed by atoms with van der Waals surface area (Å²) in [5.74, 6) is -0.257. The van der Waals surface area contributed by atoms with E-state index in [2.05, 4.69) is 10.4 Å². The van der Waals surface area contributed by atoms with E-state index < -0.39 is 0 Å². The average Bonchev–Trinajstić information content (AvgIpc) is 3.06. The third kappa shape index (κ3) is 3.76. The molecule has 0 aliphatic carbocycles. The smallest absolute Gasteiger partial charge is 0.259 e. The Labute approximate surface area is 156 Å². The maximum atomic E-state index is 12.7. The van der Waals surface area contributed by atoms with Crippen LogP contribution in [0.4, 0.5) is 5.69 Å². The van der Waals surface area contributed by atoms with Gasteiger partial charge in [-0.3, -0.25) is 9.48 Å². The van der Waals surface area contributed by atoms with E-state index in [1.54, 1.807) is 24.4 Å². The number of rotatable bonds is 5. The molecule has 1 heterocycles. The number of carbonyl (C=O) groups excluding carboxylic acids is 1. The Morgan fingerprint density at radius 1 is 1.27 bits per heavy atom. The van der Waals surface area contributed by atoms with Gasteiger partial charge in [0.1, 0.15) is 6.07 Å². The number of hydrogen-bond acceptors (Lipinski definition) is 3. The fourth-order valence-corrected chi connectivity index (χ4v) is 2.91. The van der Waals surface area contributed by atoms with Gasteiger partial charge in [-0.05, 0) is 30.2 Å². The van der Waals surface area contributed by atoms with Crippen molar-refractivity contribution < 1.29 is 4.79 Å². The van der Waals surface area contributed by atoms with Crippen LogP contribution >= 0.6 is 11.6 Å². The maximum absolute atomic E-state index is 12.7. The largest absolute Gasteiger partial charge is 0.322 e. The van der Waals surface area contributed by atoms with Gasteiger partial charge in [-0.15, -0.1) is 0 Å². The van der Waals surface area contributed by atoms with E-state index in [1.165, 1.54) is 0 Å². The first kappa shape index (κ1) is 17.7. The minimum absolute atomic E-state index is 0.257. The van der Waals surface area contributed by atoms with E-state index in [0.717, 1.165) is 11.3 Å². The molecule has 0 saturated carbocycles. The topological polar surface area (TPSA) is 70.7 Å². The van der Waals surface area contributed by atoms with E-state index >= 15 is 0 Å². The lowest BCUT2D eigenvalue weighted by atomic mass is 10.1. The molecule has 3 aromatic rings. The lowest BCUT2D eigenvalue weighted by Gasteiger charge is -2.09. The second kappa shape index (κ2) is 7.85. The molecule has 26 heavy (non-hydrogen) atoms. The van der Waals surface area contributed by atoms with Crippen molar-refractivity contribution in [1.29, 1.82) is 5.26 Å². The maximum Gasteiger partial charge on any atom is 0.259 e. The third-order valence-electron chi connectivity index (χ3n) is 4.05. The molecule has 0 radical (unpaired) electrons. The van der Waals surface area contributed by atoms with Crippen molar-refractivity contribution in [2.45, 2.75) is 19.9 Å². The van der Waals surface area contributed by atoms with Gasteiger partial charge in [0.2, 0.25) is 0 Å². The molecule has 2 aromatic carbocycles. The molecule has 0 aliphatic rings. The molecule has 5 nitrogen and oxygen atoms in total. The summed E-state index contributed by atoms with van der Waals surface area (Å²) in [6, 6.07) is 16.8. The van der Waals surface area contributed by atoms with Crippen LogP contribution in [0.2, 0.25) is 5.02 Å². The minimum atomic E-state index is -0.257. The van der Waals surface area contributed by atoms with Crippen LogP contribution in [0.25, 0.3) is 0 Å². The van der Waals surface area contributed by atoms with Gasteiger partial charge < -0.3 is 5.32 Å². The standard InChI is InChI=1S/C20H17ClN4O/c1-2-19-17(12-23-25(19)13-14-6-4-3-5-7-14)20(26)24-16-8-9-18(21)15(10-16)11-22/h3-10,12H,2,13H2,1H3,(H,24,26). The van der Waals surface area contributed by atoms with E-state index in [4.69, 9.17) is 16.9 Å². The first-order chi connectivity index (χ1) is 12.6. The Bertz CT molecular complexity index is 973. The molecule has 1 N–H and O–H groups in total. The van der Waals surface area contributed by atoms with Crippen molar-refractivity contribution >= 4 is 23.2 Å². The zero-order chi connectivity index (χ0) is 18.5. The number of benzene rings is 2. The number of aromatic nitrogens is 2. The van der Waals surface area contributed by atoms with Crippen LogP contribution in [0.15, 0.2) is 54.7 Å². The first-order valence-corrected chi connectivity index (χ1v) is 8.59. The fraction of sp³-hybridized carbons (Fsp3) is 0.150. The normalized spacial score (nSPS) is 10.3. The molecular formula is C20H17ClN4O. The summed E-state index contributed by atoms with van der Waals surface area (Å²) >= 11 is 5.93. The van der Waals surface area contributed by atoms with Crippen LogP contribution < -0.4 is 5.32 Å². The van der Waals surface area contributed by atoms with Gasteiger partial charge >= 0.3 is 0 Å². The van der Waals surface area contributed by atoms with Crippen molar-refractivity contribution in [3.8, 4) is 6.07 Å². The second-order valence-electron chi connectivity index (χ2n) is 5.76. The Morgan fingerprint density at radius 2 is 2.04 bits per heavy atom. The Balaban J connectivity index is 1.83. The summed E-state index contributed by atoms with van der Waals surface area (Å²) < 4.78 is 1.84. The highest BCUT2D eigenvalue weighted by molar-refractivity contribution is 6.31. The van der Waals surface area contributed by atoms with Crippen LogP contribution in [0.1, 0.15) is 34.1 Å². The average molecular weight is 365 g/mol. The first-order valence-electron chi connectivity index (χ1n) is 8.22. The summed E-state index contributed by atoms with van der Waals surface area (Å²) in [5, 5.41) is 16.6. The van der Waals surface area contributed by atoms with E-state index in [0.29, 0.717) is 34.8 Å². The molecule has 3 rings (SSSR count). The van der Waals surface area contributed by atoms with Crippen molar-refractivity contribution in [2.75, 3.05) is 5.32 Å². The monoisotopic (exact) mass is 364 g/mol. The Morgan fingerprint density at radius 3 is 2.73 bits per heavy atom. The lowest BCUT2D eigenvalue weighted by molar-refractivity contribution is 0.102. The molecular weight excluding hydrogens is 348 g/mol. The highest BCUT2D eigenvalue weighted by Gasteiger charge is 2.17. The van der Waals surface area contributed by atoms with Crippen LogP contribution in [-0.2, 0) is 13.0 Å². The summed E-state index contributed by atoms with van der Waals surface area (Å²) in [7, 11) is 0. The summed E-state index contributed by atoms with van der Waals surface area (Å²) in [5.41, 5.74) is 3.35. The van der Waals surface area contributed by atoms with Crippen molar-refractivity contribution in [2.24, 2.45) is 0 Å². The number of anilines is 1. The minimum Gasteiger partial charge on any atom is -0.322 e. The fourth-order valence-electron chi connectivity index (χ4n) is 2.75. The number of nitriles is 1. The summed E-state index contributed by atoms with van der Waals surface area (Å²) in [4.78, 5) is 12.7. The number of halogens is 1. The van der Waals surface area contributed by atoms with Gasteiger partial charge in [-0.25, -0.2) is 0 Å². The van der Waals surface area contributed by atoms with Crippen molar-refractivity contribution in [1.82, 2.24) is 9.78 Å². The second-order valence-corrected chi connectivity index (χ2v) is 6.17. The predicted molar refractivity (Wildman–Crippen MR) is 101 cm³/mol. The van der Waals surface area contributed by atoms with E-state index in [-0.39, 0.29) is 5.91 Å². The van der Waals surface area contributed by atoms with Gasteiger partial charge in [-0.1, -0.05) is 48.9 Å². The molecule has 0 atom stereocenters. The van der Waals surface area contributed by atoms with Gasteiger partial charge in [0.15, 0.2) is 0 Å². The van der Waals surface area contributed by atoms with E-state index in [1.807, 2.05) is 48.0 Å². The molecule has 0 bridgehead atoms. The number of hydrogen-bond donors (Lipinski definition) is 1. The molecule has 6 heteroatoms. The molecule has 0 fully saturated rings. The lowest BCUT2D eigenvalue weighted by Crippen LogP contribution is -2.15. The highest BCUT2D eigenvalue weighted by Crippen LogP contribution is 2.21. The van der Waals surface area contributed by atoms with Gasteiger partial charge in [0, 0.05) is 5.69 Å². The van der Waals surface area contributed by atoms with Crippen LogP contribution in [0.3, 0.4) is 0 Å². The zero-order valence-corrected chi connectivity index (χ0v) is 15.0. The van der Waals surface area contributed by atoms with Crippen LogP contribution in [0, 0.1) is 11.3 Å². The van der Waals surface area contributed by atoms with Crippen molar-refractivity contribution in [3.63, 3.8) is 0 Å². The summed E-state index contributed by atoms with van der Waals surface area (Å²) in [6.45, 7) is 2.60. The molecule has 1 aromatic heterocycles. The Kier molecular flexibility index (Phi) is 5.35.